The summed E-state index contributed by atoms with van der Waals surface area (Å²) in [6.07, 6.45) is -0.562. The van der Waals surface area contributed by atoms with Gasteiger partial charge in [-0.25, -0.2) is 4.79 Å². The third-order valence-electron chi connectivity index (χ3n) is 2.21. The number of hydrogen-bond acceptors (Lipinski definition) is 5. The molecule has 116 valence electrons. The van der Waals surface area contributed by atoms with Crippen molar-refractivity contribution in [3.05, 3.63) is 31.2 Å². The summed E-state index contributed by atoms with van der Waals surface area (Å²) in [5, 5.41) is 10.6. The molecule has 0 heterocycles. The topological polar surface area (TPSA) is 81.9 Å². The van der Waals surface area contributed by atoms with E-state index in [-0.39, 0.29) is 34.0 Å². The van der Waals surface area contributed by atoms with Crippen molar-refractivity contribution in [2.24, 2.45) is 0 Å². The van der Waals surface area contributed by atoms with Crippen molar-refractivity contribution in [3.63, 3.8) is 0 Å². The van der Waals surface area contributed by atoms with Crippen LogP contribution in [0.3, 0.4) is 0 Å². The quantitative estimate of drug-likeness (QED) is 0.348. The summed E-state index contributed by atoms with van der Waals surface area (Å²) in [5.41, 5.74) is -0.534. The van der Waals surface area contributed by atoms with Gasteiger partial charge in [-0.3, -0.25) is 10.1 Å². The molecule has 21 heavy (non-hydrogen) atoms. The maximum atomic E-state index is 11.2. The van der Waals surface area contributed by atoms with E-state index in [1.165, 1.54) is 25.1 Å². The number of hydrogen-bond donors (Lipinski definition) is 0. The first kappa shape index (κ1) is 17.6. The van der Waals surface area contributed by atoms with E-state index >= 15 is 0 Å². The van der Waals surface area contributed by atoms with Crippen molar-refractivity contribution >= 4 is 46.6 Å². The molecule has 0 aliphatic carbocycles. The van der Waals surface area contributed by atoms with Crippen molar-refractivity contribution in [1.82, 2.24) is 4.90 Å². The average molecular weight is 358 g/mol. The van der Waals surface area contributed by atoms with Crippen LogP contribution in [0, 0.1) is 10.1 Å². The second-order valence-corrected chi connectivity index (χ2v) is 5.14. The van der Waals surface area contributed by atoms with E-state index in [0.29, 0.717) is 0 Å². The van der Waals surface area contributed by atoms with Gasteiger partial charge in [0, 0.05) is 14.1 Å². The van der Waals surface area contributed by atoms with E-state index in [2.05, 4.69) is 0 Å². The van der Waals surface area contributed by atoms with Crippen LogP contribution in [0.1, 0.15) is 0 Å². The van der Waals surface area contributed by atoms with E-state index in [1.54, 1.807) is 0 Å². The van der Waals surface area contributed by atoms with Crippen LogP contribution in [-0.2, 0) is 4.74 Å². The highest BCUT2D eigenvalue weighted by molar-refractivity contribution is 6.45. The van der Waals surface area contributed by atoms with Crippen molar-refractivity contribution in [1.29, 1.82) is 0 Å². The van der Waals surface area contributed by atoms with Crippen LogP contribution in [0.2, 0.25) is 15.1 Å². The van der Waals surface area contributed by atoms with Crippen LogP contribution in [0.4, 0.5) is 10.5 Å². The maximum Gasteiger partial charge on any atom is 0.409 e. The first-order chi connectivity index (χ1) is 9.75. The Hall–Kier alpha value is -1.44. The molecule has 0 unspecified atom stereocenters. The second-order valence-electron chi connectivity index (χ2n) is 3.95. The number of nitrogens with zero attached hydrogens (tertiary/aromatic N) is 2. The molecule has 10 heteroatoms. The van der Waals surface area contributed by atoms with Crippen LogP contribution >= 0.6 is 34.8 Å². The van der Waals surface area contributed by atoms with Crippen molar-refractivity contribution in [2.75, 3.05) is 27.3 Å². The molecule has 0 saturated carbocycles. The zero-order valence-corrected chi connectivity index (χ0v) is 13.3. The second kappa shape index (κ2) is 7.53. The number of benzene rings is 1. The summed E-state index contributed by atoms with van der Waals surface area (Å²) in [4.78, 5) is 22.7. The molecular formula is C11H11Cl3N2O5. The van der Waals surface area contributed by atoms with Gasteiger partial charge in [0.25, 0.3) is 0 Å². The van der Waals surface area contributed by atoms with E-state index in [1.807, 2.05) is 0 Å². The van der Waals surface area contributed by atoms with Crippen LogP contribution in [-0.4, -0.2) is 43.2 Å². The zero-order chi connectivity index (χ0) is 16.2. The van der Waals surface area contributed by atoms with Crippen LogP contribution in [0.5, 0.6) is 5.75 Å². The summed E-state index contributed by atoms with van der Waals surface area (Å²) in [5.74, 6) is -0.225. The minimum Gasteiger partial charge on any atom is -0.482 e. The molecule has 1 rings (SSSR count). The monoisotopic (exact) mass is 356 g/mol. The molecule has 0 aliphatic rings. The molecule has 0 saturated heterocycles. The largest absolute Gasteiger partial charge is 0.482 e. The Labute approximate surface area is 135 Å². The summed E-state index contributed by atoms with van der Waals surface area (Å²) >= 11 is 17.3. The summed E-state index contributed by atoms with van der Waals surface area (Å²) in [7, 11) is 3.04. The van der Waals surface area contributed by atoms with Crippen molar-refractivity contribution < 1.29 is 19.2 Å². The molecular weight excluding hydrogens is 346 g/mol. The number of rotatable bonds is 5. The molecule has 0 aromatic heterocycles. The lowest BCUT2D eigenvalue weighted by atomic mass is 10.3. The van der Waals surface area contributed by atoms with Gasteiger partial charge in [0.2, 0.25) is 5.75 Å². The fraction of sp³-hybridized carbons (Fsp3) is 0.364. The SMILES string of the molecule is CN(C)C(=O)OCCOc1c(Cl)cc(Cl)c(Cl)c1[N+](=O)[O-]. The lowest BCUT2D eigenvalue weighted by Gasteiger charge is -2.13. The number of nitro benzene ring substituents is 1. The number of carbonyl (C=O) groups excluding carboxylic acids is 1. The fourth-order valence-corrected chi connectivity index (χ4v) is 1.99. The van der Waals surface area contributed by atoms with E-state index in [4.69, 9.17) is 44.3 Å². The van der Waals surface area contributed by atoms with Gasteiger partial charge >= 0.3 is 11.8 Å². The molecule has 0 N–H and O–H groups in total. The number of nitro groups is 1. The predicted octanol–water partition coefficient (Wildman–Crippen LogP) is 3.63. The van der Waals surface area contributed by atoms with Crippen LogP contribution < -0.4 is 4.74 Å². The number of halogens is 3. The van der Waals surface area contributed by atoms with Gasteiger partial charge in [-0.2, -0.15) is 0 Å². The molecule has 1 aromatic rings. The fourth-order valence-electron chi connectivity index (χ4n) is 1.27. The number of carbonyl (C=O) groups is 1. The molecule has 1 aromatic carbocycles. The zero-order valence-electron chi connectivity index (χ0n) is 11.1. The van der Waals surface area contributed by atoms with Gasteiger partial charge in [-0.15, -0.1) is 0 Å². The van der Waals surface area contributed by atoms with Crippen molar-refractivity contribution in [2.45, 2.75) is 0 Å². The summed E-state index contributed by atoms with van der Waals surface area (Å²) < 4.78 is 9.99. The van der Waals surface area contributed by atoms with Crippen LogP contribution in [0.25, 0.3) is 0 Å². The molecule has 0 radical (unpaired) electrons. The summed E-state index contributed by atoms with van der Waals surface area (Å²) in [6.45, 7) is -0.233. The van der Waals surface area contributed by atoms with E-state index in [9.17, 15) is 14.9 Å². The number of ether oxygens (including phenoxy) is 2. The molecule has 0 bridgehead atoms. The Morgan fingerprint density at radius 2 is 1.90 bits per heavy atom. The summed E-state index contributed by atoms with van der Waals surface area (Å²) in [6, 6.07) is 1.24. The van der Waals surface area contributed by atoms with Gasteiger partial charge in [0.15, 0.2) is 0 Å². The van der Waals surface area contributed by atoms with Gasteiger partial charge in [0.05, 0.1) is 15.0 Å². The van der Waals surface area contributed by atoms with Gasteiger partial charge in [-0.1, -0.05) is 34.8 Å². The Morgan fingerprint density at radius 1 is 1.29 bits per heavy atom. The van der Waals surface area contributed by atoms with Gasteiger partial charge in [0.1, 0.15) is 18.2 Å². The van der Waals surface area contributed by atoms with Gasteiger partial charge < -0.3 is 14.4 Å². The molecule has 0 atom stereocenters. The normalized spacial score (nSPS) is 10.1. The highest BCUT2D eigenvalue weighted by Gasteiger charge is 2.26. The Bertz CT molecular complexity index is 565. The standard InChI is InChI=1S/C11H11Cl3N2O5/c1-15(2)11(17)21-4-3-20-10-7(13)5-6(12)8(14)9(10)16(18)19/h5H,3-4H2,1-2H3. The third-order valence-corrected chi connectivity index (χ3v) is 3.26. The average Bonchev–Trinajstić information content (AvgIpc) is 2.39. The minimum atomic E-state index is -0.749. The van der Waals surface area contributed by atoms with Crippen LogP contribution in [0.15, 0.2) is 6.07 Å². The molecule has 1 amide bonds. The maximum absolute atomic E-state index is 11.2. The first-order valence-electron chi connectivity index (χ1n) is 5.54. The predicted molar refractivity (Wildman–Crippen MR) is 78.7 cm³/mol. The van der Waals surface area contributed by atoms with Gasteiger partial charge in [-0.05, 0) is 6.07 Å². The smallest absolute Gasteiger partial charge is 0.409 e. The number of amides is 1. The third kappa shape index (κ3) is 4.52. The van der Waals surface area contributed by atoms with E-state index in [0.717, 1.165) is 0 Å². The minimum absolute atomic E-state index is 0.0558. The lowest BCUT2D eigenvalue weighted by Crippen LogP contribution is -2.24. The molecule has 0 aliphatic heterocycles. The van der Waals surface area contributed by atoms with Crippen molar-refractivity contribution in [3.8, 4) is 5.75 Å². The lowest BCUT2D eigenvalue weighted by molar-refractivity contribution is -0.385. The molecule has 0 spiro atoms. The molecule has 7 nitrogen and oxygen atoms in total. The first-order valence-corrected chi connectivity index (χ1v) is 6.67. The molecule has 0 fully saturated rings. The highest BCUT2D eigenvalue weighted by atomic mass is 35.5. The Balaban J connectivity index is 2.82. The Kier molecular flexibility index (Phi) is 6.32. The van der Waals surface area contributed by atoms with E-state index < -0.39 is 16.7 Å². The highest BCUT2D eigenvalue weighted by Crippen LogP contribution is 2.44. The Morgan fingerprint density at radius 3 is 2.43 bits per heavy atom.